The summed E-state index contributed by atoms with van der Waals surface area (Å²) >= 11 is 0. The number of benzene rings is 2. The van der Waals surface area contributed by atoms with Crippen LogP contribution >= 0.6 is 0 Å². The lowest BCUT2D eigenvalue weighted by Gasteiger charge is -2.34. The first kappa shape index (κ1) is 22.3. The summed E-state index contributed by atoms with van der Waals surface area (Å²) in [5.41, 5.74) is 0.873. The highest BCUT2D eigenvalue weighted by atomic mass is 32.2. The van der Waals surface area contributed by atoms with E-state index in [1.165, 1.54) is 40.5 Å². The first-order valence-electron chi connectivity index (χ1n) is 9.15. The van der Waals surface area contributed by atoms with Crippen LogP contribution in [0.1, 0.15) is 15.9 Å². The van der Waals surface area contributed by atoms with Crippen LogP contribution in [0, 0.1) is 12.7 Å². The lowest BCUT2D eigenvalue weighted by molar-refractivity contribution is 0.0697. The number of amides is 1. The predicted molar refractivity (Wildman–Crippen MR) is 108 cm³/mol. The number of halogens is 1. The van der Waals surface area contributed by atoms with Crippen molar-refractivity contribution in [3.8, 4) is 0 Å². The van der Waals surface area contributed by atoms with Crippen LogP contribution in [0.25, 0.3) is 0 Å². The molecule has 11 heteroatoms. The molecule has 0 unspecified atom stereocenters. The number of carbonyl (C=O) groups is 1. The third-order valence-electron chi connectivity index (χ3n) is 5.00. The molecule has 0 aliphatic carbocycles. The highest BCUT2D eigenvalue weighted by Crippen LogP contribution is 2.21. The molecular formula is C19H22FN3O5S2. The van der Waals surface area contributed by atoms with Gasteiger partial charge in [0.2, 0.25) is 20.0 Å². The molecule has 1 aliphatic heterocycles. The van der Waals surface area contributed by atoms with Crippen molar-refractivity contribution in [1.82, 2.24) is 13.9 Å². The van der Waals surface area contributed by atoms with Gasteiger partial charge in [-0.3, -0.25) is 4.79 Å². The minimum Gasteiger partial charge on any atom is -0.336 e. The van der Waals surface area contributed by atoms with Crippen molar-refractivity contribution in [2.24, 2.45) is 0 Å². The summed E-state index contributed by atoms with van der Waals surface area (Å²) in [5.74, 6) is -0.887. The molecule has 0 saturated carbocycles. The van der Waals surface area contributed by atoms with E-state index < -0.39 is 25.9 Å². The number of carbonyl (C=O) groups excluding carboxylic acids is 1. The van der Waals surface area contributed by atoms with E-state index in [4.69, 9.17) is 0 Å². The molecule has 1 aliphatic rings. The molecule has 2 aromatic carbocycles. The second kappa shape index (κ2) is 8.42. The van der Waals surface area contributed by atoms with Gasteiger partial charge in [0.25, 0.3) is 5.91 Å². The quantitative estimate of drug-likeness (QED) is 0.729. The molecule has 0 radical (unpaired) electrons. The molecular weight excluding hydrogens is 433 g/mol. The molecule has 0 atom stereocenters. The van der Waals surface area contributed by atoms with Gasteiger partial charge in [-0.2, -0.15) is 4.31 Å². The third kappa shape index (κ3) is 4.38. The van der Waals surface area contributed by atoms with Gasteiger partial charge < -0.3 is 4.90 Å². The van der Waals surface area contributed by atoms with E-state index in [1.807, 2.05) is 0 Å². The van der Waals surface area contributed by atoms with Crippen molar-refractivity contribution >= 4 is 26.0 Å². The van der Waals surface area contributed by atoms with Gasteiger partial charge in [-0.1, -0.05) is 6.07 Å². The lowest BCUT2D eigenvalue weighted by atomic mass is 10.1. The summed E-state index contributed by atoms with van der Waals surface area (Å²) in [5, 5.41) is 0. The van der Waals surface area contributed by atoms with Crippen molar-refractivity contribution in [1.29, 1.82) is 0 Å². The van der Waals surface area contributed by atoms with Gasteiger partial charge in [0.05, 0.1) is 9.79 Å². The first-order valence-corrected chi connectivity index (χ1v) is 12.1. The molecule has 0 spiro atoms. The highest BCUT2D eigenvalue weighted by molar-refractivity contribution is 7.89. The molecule has 0 aromatic heterocycles. The summed E-state index contributed by atoms with van der Waals surface area (Å²) in [4.78, 5) is 14.4. The smallest absolute Gasteiger partial charge is 0.254 e. The average Bonchev–Trinajstić information content (AvgIpc) is 2.74. The van der Waals surface area contributed by atoms with Gasteiger partial charge in [0.15, 0.2) is 0 Å². The Bertz CT molecular complexity index is 1160. The maximum Gasteiger partial charge on any atom is 0.254 e. The van der Waals surface area contributed by atoms with E-state index in [2.05, 4.69) is 4.72 Å². The Morgan fingerprint density at radius 2 is 1.50 bits per heavy atom. The van der Waals surface area contributed by atoms with E-state index >= 15 is 0 Å². The van der Waals surface area contributed by atoms with Crippen LogP contribution in [0.5, 0.6) is 0 Å². The summed E-state index contributed by atoms with van der Waals surface area (Å²) < 4.78 is 66.1. The van der Waals surface area contributed by atoms with Crippen molar-refractivity contribution in [2.45, 2.75) is 16.7 Å². The number of hydrogen-bond acceptors (Lipinski definition) is 5. The zero-order valence-corrected chi connectivity index (χ0v) is 18.1. The Morgan fingerprint density at radius 1 is 0.933 bits per heavy atom. The second-order valence-electron chi connectivity index (χ2n) is 6.83. The van der Waals surface area contributed by atoms with Crippen LogP contribution < -0.4 is 4.72 Å². The van der Waals surface area contributed by atoms with Crippen LogP contribution in [0.2, 0.25) is 0 Å². The maximum absolute atomic E-state index is 13.1. The summed E-state index contributed by atoms with van der Waals surface area (Å²) in [6.07, 6.45) is 0. The topological polar surface area (TPSA) is 104 Å². The third-order valence-corrected chi connectivity index (χ3v) is 8.32. The minimum absolute atomic E-state index is 0.00973. The molecule has 1 N–H and O–H groups in total. The monoisotopic (exact) mass is 455 g/mol. The molecule has 1 amide bonds. The second-order valence-corrected chi connectivity index (χ2v) is 10.7. The Hall–Kier alpha value is -2.34. The first-order chi connectivity index (χ1) is 14.1. The molecule has 3 rings (SSSR count). The number of rotatable bonds is 5. The summed E-state index contributed by atoms with van der Waals surface area (Å²) in [6, 6.07) is 8.89. The van der Waals surface area contributed by atoms with Crippen molar-refractivity contribution in [3.63, 3.8) is 0 Å². The number of nitrogens with one attached hydrogen (secondary N) is 1. The van der Waals surface area contributed by atoms with Crippen molar-refractivity contribution in [2.75, 3.05) is 33.2 Å². The Labute approximate surface area is 175 Å². The number of aryl methyl sites for hydroxylation is 1. The Morgan fingerprint density at radius 3 is 2.07 bits per heavy atom. The highest BCUT2D eigenvalue weighted by Gasteiger charge is 2.31. The SMILES string of the molecule is CNS(=O)(=O)c1ccc(C)c(C(=O)N2CCN(S(=O)(=O)c3ccc(F)cc3)CC2)c1. The molecule has 30 heavy (non-hydrogen) atoms. The Kier molecular flexibility index (Phi) is 6.27. The fourth-order valence-electron chi connectivity index (χ4n) is 3.17. The largest absolute Gasteiger partial charge is 0.336 e. The molecule has 8 nitrogen and oxygen atoms in total. The summed E-state index contributed by atoms with van der Waals surface area (Å²) in [7, 11) is -6.20. The zero-order chi connectivity index (χ0) is 22.1. The van der Waals surface area contributed by atoms with Crippen LogP contribution in [0.15, 0.2) is 52.3 Å². The van der Waals surface area contributed by atoms with Gasteiger partial charge in [-0.25, -0.2) is 25.9 Å². The average molecular weight is 456 g/mol. The van der Waals surface area contributed by atoms with E-state index in [-0.39, 0.29) is 47.4 Å². The van der Waals surface area contributed by atoms with Crippen LogP contribution in [0.4, 0.5) is 4.39 Å². The van der Waals surface area contributed by atoms with Crippen molar-refractivity contribution in [3.05, 3.63) is 59.4 Å². The molecule has 1 fully saturated rings. The van der Waals surface area contributed by atoms with Crippen LogP contribution in [-0.4, -0.2) is 65.2 Å². The molecule has 1 heterocycles. The summed E-state index contributed by atoms with van der Waals surface area (Å²) in [6.45, 7) is 2.18. The van der Waals surface area contributed by atoms with E-state index in [9.17, 15) is 26.0 Å². The van der Waals surface area contributed by atoms with E-state index in [0.717, 1.165) is 12.1 Å². The van der Waals surface area contributed by atoms with Gasteiger partial charge in [-0.15, -0.1) is 0 Å². The molecule has 1 saturated heterocycles. The number of hydrogen-bond donors (Lipinski definition) is 1. The van der Waals surface area contributed by atoms with Gasteiger partial charge >= 0.3 is 0 Å². The number of piperazine rings is 1. The minimum atomic E-state index is -3.79. The number of nitrogens with zero attached hydrogens (tertiary/aromatic N) is 2. The number of sulfonamides is 2. The predicted octanol–water partition coefficient (Wildman–Crippen LogP) is 1.19. The normalized spacial score (nSPS) is 15.9. The Balaban J connectivity index is 1.76. The standard InChI is InChI=1S/C19H22FN3O5S2/c1-14-3-6-17(29(25,26)21-2)13-18(14)19(24)22-9-11-23(12-10-22)30(27,28)16-7-4-15(20)5-8-16/h3-8,13,21H,9-12H2,1-2H3. The van der Waals surface area contributed by atoms with Gasteiger partial charge in [-0.05, 0) is 55.9 Å². The molecule has 2 aromatic rings. The van der Waals surface area contributed by atoms with Gasteiger partial charge in [0, 0.05) is 31.7 Å². The fourth-order valence-corrected chi connectivity index (χ4v) is 5.35. The van der Waals surface area contributed by atoms with Crippen LogP contribution in [-0.2, 0) is 20.0 Å². The van der Waals surface area contributed by atoms with E-state index in [1.54, 1.807) is 13.0 Å². The molecule has 162 valence electrons. The van der Waals surface area contributed by atoms with Crippen molar-refractivity contribution < 1.29 is 26.0 Å². The van der Waals surface area contributed by atoms with Crippen LogP contribution in [0.3, 0.4) is 0 Å². The maximum atomic E-state index is 13.1. The molecule has 0 bridgehead atoms. The van der Waals surface area contributed by atoms with E-state index in [0.29, 0.717) is 5.56 Å². The van der Waals surface area contributed by atoms with Gasteiger partial charge in [0.1, 0.15) is 5.82 Å². The fraction of sp³-hybridized carbons (Fsp3) is 0.316. The zero-order valence-electron chi connectivity index (χ0n) is 16.5. The lowest BCUT2D eigenvalue weighted by Crippen LogP contribution is -2.50.